The number of allylic oxidation sites excluding steroid dienone is 1. The SMILES string of the molecule is CC(=O)O.CCCCC=COC(=O)c1ccccc1O.CCCCCC(=O)O.CCCCCCOC(=O)CCCCC. The molecule has 0 unspecified atom stereocenters. The fourth-order valence-corrected chi connectivity index (χ4v) is 3.04. The number of unbranched alkanes of at least 4 members (excludes halogenated alkanes) is 9. The fraction of sp³-hybridized carbons (Fsp3) is 0.636. The molecular weight excluding hydrogens is 540 g/mol. The highest BCUT2D eigenvalue weighted by molar-refractivity contribution is 5.92. The standard InChI is InChI=1S/C13H16O3.C12H24O2.C6H12O2.C2H4O2/c1-2-3-4-7-10-16-13(15)11-8-5-6-9-12(11)14;1-3-5-7-9-11-14-12(13)10-8-6-4-2;1-2-3-4-5-6(7)8;1-2(3)4/h5-10,14H,2-4H2,1H3;3-11H2,1-2H3;2-5H2,1H3,(H,7,8);1H3,(H,3,4). The molecule has 0 saturated heterocycles. The molecule has 0 atom stereocenters. The van der Waals surface area contributed by atoms with E-state index < -0.39 is 17.9 Å². The second kappa shape index (κ2) is 33.8. The molecule has 0 amide bonds. The molecule has 1 aromatic rings. The lowest BCUT2D eigenvalue weighted by molar-refractivity contribution is -0.144. The molecule has 3 N–H and O–H groups in total. The number of phenolic OH excluding ortho intramolecular Hbond substituents is 1. The highest BCUT2D eigenvalue weighted by Gasteiger charge is 2.09. The van der Waals surface area contributed by atoms with Crippen LogP contribution in [0.15, 0.2) is 36.6 Å². The van der Waals surface area contributed by atoms with E-state index in [0.29, 0.717) is 19.4 Å². The fourth-order valence-electron chi connectivity index (χ4n) is 3.04. The molecule has 0 saturated carbocycles. The van der Waals surface area contributed by atoms with Gasteiger partial charge >= 0.3 is 17.9 Å². The van der Waals surface area contributed by atoms with Crippen molar-refractivity contribution < 1.29 is 44.0 Å². The molecule has 0 aromatic heterocycles. The Morgan fingerprint density at radius 2 is 1.26 bits per heavy atom. The monoisotopic (exact) mass is 596 g/mol. The van der Waals surface area contributed by atoms with E-state index in [2.05, 4.69) is 27.7 Å². The van der Waals surface area contributed by atoms with Crippen molar-refractivity contribution in [3.63, 3.8) is 0 Å². The smallest absolute Gasteiger partial charge is 0.346 e. The van der Waals surface area contributed by atoms with Gasteiger partial charge in [0.1, 0.15) is 11.3 Å². The number of benzene rings is 1. The molecule has 0 heterocycles. The van der Waals surface area contributed by atoms with Crippen molar-refractivity contribution >= 4 is 23.9 Å². The van der Waals surface area contributed by atoms with Crippen molar-refractivity contribution in [3.05, 3.63) is 42.2 Å². The summed E-state index contributed by atoms with van der Waals surface area (Å²) in [6.45, 7) is 10.2. The number of hydrogen-bond acceptors (Lipinski definition) is 7. The van der Waals surface area contributed by atoms with Crippen LogP contribution in [0.2, 0.25) is 0 Å². The Labute approximate surface area is 253 Å². The summed E-state index contributed by atoms with van der Waals surface area (Å²) in [6, 6.07) is 6.31. The molecular formula is C33H56O9. The maximum Gasteiger partial charge on any atom is 0.346 e. The zero-order chi connectivity index (χ0) is 32.4. The van der Waals surface area contributed by atoms with Crippen LogP contribution in [0, 0.1) is 0 Å². The van der Waals surface area contributed by atoms with E-state index in [0.717, 1.165) is 71.1 Å². The predicted octanol–water partition coefficient (Wildman–Crippen LogP) is 8.69. The molecule has 9 heteroatoms. The van der Waals surface area contributed by atoms with Crippen molar-refractivity contribution in [2.75, 3.05) is 6.61 Å². The molecule has 1 aromatic carbocycles. The van der Waals surface area contributed by atoms with Gasteiger partial charge in [-0.2, -0.15) is 0 Å². The van der Waals surface area contributed by atoms with Gasteiger partial charge in [-0.05, 0) is 50.3 Å². The third-order valence-electron chi connectivity index (χ3n) is 5.36. The zero-order valence-electron chi connectivity index (χ0n) is 26.6. The van der Waals surface area contributed by atoms with Crippen LogP contribution >= 0.6 is 0 Å². The molecule has 0 aliphatic rings. The predicted molar refractivity (Wildman–Crippen MR) is 167 cm³/mol. The second-order valence-electron chi connectivity index (χ2n) is 9.54. The number of hydrogen-bond donors (Lipinski definition) is 3. The van der Waals surface area contributed by atoms with Crippen molar-refractivity contribution in [3.8, 4) is 5.75 Å². The van der Waals surface area contributed by atoms with Crippen LogP contribution in [0.1, 0.15) is 141 Å². The summed E-state index contributed by atoms with van der Waals surface area (Å²) in [5, 5.41) is 25.0. The maximum absolute atomic E-state index is 11.5. The van der Waals surface area contributed by atoms with Crippen molar-refractivity contribution in [2.45, 2.75) is 131 Å². The third-order valence-corrected chi connectivity index (χ3v) is 5.36. The summed E-state index contributed by atoms with van der Waals surface area (Å²) < 4.78 is 9.97. The average Bonchev–Trinajstić information content (AvgIpc) is 2.93. The lowest BCUT2D eigenvalue weighted by Crippen LogP contribution is -2.05. The van der Waals surface area contributed by atoms with Gasteiger partial charge in [0.2, 0.25) is 0 Å². The molecule has 0 fully saturated rings. The molecule has 0 aliphatic heterocycles. The van der Waals surface area contributed by atoms with Gasteiger partial charge in [0.05, 0.1) is 12.9 Å². The Balaban J connectivity index is -0.000000532. The minimum atomic E-state index is -0.833. The van der Waals surface area contributed by atoms with E-state index >= 15 is 0 Å². The number of ether oxygens (including phenoxy) is 2. The molecule has 0 radical (unpaired) electrons. The molecule has 1 rings (SSSR count). The van der Waals surface area contributed by atoms with Crippen LogP contribution in [0.4, 0.5) is 0 Å². The van der Waals surface area contributed by atoms with Crippen LogP contribution in [-0.4, -0.2) is 45.8 Å². The van der Waals surface area contributed by atoms with Crippen molar-refractivity contribution in [2.24, 2.45) is 0 Å². The number of aromatic hydroxyl groups is 1. The quantitative estimate of drug-likeness (QED) is 0.0859. The van der Waals surface area contributed by atoms with Gasteiger partial charge in [0, 0.05) is 19.8 Å². The Morgan fingerprint density at radius 3 is 1.79 bits per heavy atom. The number of aliphatic carboxylic acids is 2. The van der Waals surface area contributed by atoms with Crippen LogP contribution in [-0.2, 0) is 23.9 Å². The van der Waals surface area contributed by atoms with Gasteiger partial charge in [-0.25, -0.2) is 4.79 Å². The number of para-hydroxylation sites is 1. The number of carbonyl (C=O) groups excluding carboxylic acids is 2. The first-order chi connectivity index (χ1) is 20.1. The first kappa shape index (κ1) is 43.1. The van der Waals surface area contributed by atoms with E-state index in [1.54, 1.807) is 18.2 Å². The maximum atomic E-state index is 11.5. The molecule has 0 spiro atoms. The highest BCUT2D eigenvalue weighted by atomic mass is 16.5. The lowest BCUT2D eigenvalue weighted by atomic mass is 10.2. The summed E-state index contributed by atoms with van der Waals surface area (Å²) in [5.41, 5.74) is 0.183. The highest BCUT2D eigenvalue weighted by Crippen LogP contribution is 2.16. The molecule has 0 bridgehead atoms. The molecule has 42 heavy (non-hydrogen) atoms. The minimum absolute atomic E-state index is 0.0186. The van der Waals surface area contributed by atoms with Crippen LogP contribution < -0.4 is 0 Å². The Kier molecular flexibility index (Phi) is 34.7. The summed E-state index contributed by atoms with van der Waals surface area (Å²) >= 11 is 0. The third kappa shape index (κ3) is 36.6. The van der Waals surface area contributed by atoms with Crippen LogP contribution in [0.3, 0.4) is 0 Å². The minimum Gasteiger partial charge on any atom is -0.507 e. The van der Waals surface area contributed by atoms with Gasteiger partial charge in [-0.15, -0.1) is 0 Å². The van der Waals surface area contributed by atoms with Gasteiger partial charge < -0.3 is 24.8 Å². The van der Waals surface area contributed by atoms with E-state index in [4.69, 9.17) is 24.5 Å². The van der Waals surface area contributed by atoms with E-state index in [1.165, 1.54) is 37.7 Å². The number of esters is 2. The van der Waals surface area contributed by atoms with E-state index in [1.807, 2.05) is 0 Å². The van der Waals surface area contributed by atoms with Crippen molar-refractivity contribution in [1.29, 1.82) is 0 Å². The summed E-state index contributed by atoms with van der Waals surface area (Å²) in [6.07, 6.45) is 18.1. The zero-order valence-corrected chi connectivity index (χ0v) is 26.6. The molecule has 9 nitrogen and oxygen atoms in total. The first-order valence-electron chi connectivity index (χ1n) is 15.3. The summed E-state index contributed by atoms with van der Waals surface area (Å²) in [5.74, 6) is -2.13. The average molecular weight is 597 g/mol. The molecule has 242 valence electrons. The number of carbonyl (C=O) groups is 4. The van der Waals surface area contributed by atoms with Gasteiger partial charge in [0.25, 0.3) is 5.97 Å². The van der Waals surface area contributed by atoms with Crippen LogP contribution in [0.5, 0.6) is 5.75 Å². The van der Waals surface area contributed by atoms with E-state index in [-0.39, 0.29) is 17.3 Å². The number of carboxylic acid groups (broad SMARTS) is 2. The summed E-state index contributed by atoms with van der Waals surface area (Å²) in [7, 11) is 0. The second-order valence-corrected chi connectivity index (χ2v) is 9.54. The first-order valence-corrected chi connectivity index (χ1v) is 15.3. The largest absolute Gasteiger partial charge is 0.507 e. The number of phenols is 1. The van der Waals surface area contributed by atoms with Gasteiger partial charge in [0.15, 0.2) is 0 Å². The Hall–Kier alpha value is -3.36. The number of carboxylic acids is 2. The topological polar surface area (TPSA) is 147 Å². The van der Waals surface area contributed by atoms with E-state index in [9.17, 15) is 19.5 Å². The normalized spacial score (nSPS) is 9.74. The lowest BCUT2D eigenvalue weighted by Gasteiger charge is -2.03. The Morgan fingerprint density at radius 1 is 0.738 bits per heavy atom. The van der Waals surface area contributed by atoms with Crippen LogP contribution in [0.25, 0.3) is 0 Å². The Bertz CT molecular complexity index is 831. The van der Waals surface area contributed by atoms with Crippen molar-refractivity contribution in [1.82, 2.24) is 0 Å². The van der Waals surface area contributed by atoms with Gasteiger partial charge in [-0.1, -0.05) is 91.2 Å². The summed E-state index contributed by atoms with van der Waals surface area (Å²) in [4.78, 5) is 41.5. The molecule has 0 aliphatic carbocycles. The van der Waals surface area contributed by atoms with Gasteiger partial charge in [-0.3, -0.25) is 14.4 Å². The number of rotatable bonds is 18.